The highest BCUT2D eigenvalue weighted by atomic mass is 32.2. The van der Waals surface area contributed by atoms with Gasteiger partial charge in [-0.15, -0.1) is 0 Å². The number of carboxylic acids is 1. The van der Waals surface area contributed by atoms with Crippen molar-refractivity contribution >= 4 is 15.8 Å². The van der Waals surface area contributed by atoms with Crippen molar-refractivity contribution in [2.24, 2.45) is 5.92 Å². The van der Waals surface area contributed by atoms with Gasteiger partial charge >= 0.3 is 5.97 Å². The molecular weight excluding hydrogens is 268 g/mol. The maximum Gasteiger partial charge on any atom is 0.307 e. The molecule has 1 fully saturated rings. The van der Waals surface area contributed by atoms with Gasteiger partial charge in [-0.3, -0.25) is 4.79 Å². The van der Waals surface area contributed by atoms with E-state index in [1.807, 2.05) is 4.57 Å². The van der Waals surface area contributed by atoms with Gasteiger partial charge in [-0.25, -0.2) is 13.4 Å². The zero-order valence-corrected chi connectivity index (χ0v) is 11.3. The molecule has 1 N–H and O–H groups in total. The first-order chi connectivity index (χ1) is 8.97. The normalized spacial score (nSPS) is 29.1. The van der Waals surface area contributed by atoms with Gasteiger partial charge in [-0.05, 0) is 19.3 Å². The second kappa shape index (κ2) is 4.33. The van der Waals surface area contributed by atoms with Crippen LogP contribution in [-0.2, 0) is 27.6 Å². The van der Waals surface area contributed by atoms with E-state index in [1.165, 1.54) is 0 Å². The Hall–Kier alpha value is -1.37. The van der Waals surface area contributed by atoms with Crippen LogP contribution in [0.5, 0.6) is 0 Å². The maximum atomic E-state index is 11.9. The lowest BCUT2D eigenvalue weighted by molar-refractivity contribution is -0.142. The third-order valence-electron chi connectivity index (χ3n) is 4.03. The van der Waals surface area contributed by atoms with Crippen molar-refractivity contribution in [1.29, 1.82) is 0 Å². The lowest BCUT2D eigenvalue weighted by Crippen LogP contribution is -2.25. The average Bonchev–Trinajstić information content (AvgIpc) is 2.89. The molecule has 0 spiro atoms. The Morgan fingerprint density at radius 3 is 2.84 bits per heavy atom. The smallest absolute Gasteiger partial charge is 0.307 e. The molecular formula is C12H16N2O4S. The fourth-order valence-electron chi connectivity index (χ4n) is 2.94. The Bertz CT molecular complexity index is 620. The zero-order chi connectivity index (χ0) is 13.6. The average molecular weight is 284 g/mol. The summed E-state index contributed by atoms with van der Waals surface area (Å²) in [5, 5.41) is 8.54. The lowest BCUT2D eigenvalue weighted by Gasteiger charge is -2.19. The number of aliphatic carboxylic acids is 1. The number of hydrogen-bond acceptors (Lipinski definition) is 4. The van der Waals surface area contributed by atoms with Crippen molar-refractivity contribution in [1.82, 2.24) is 9.55 Å². The Morgan fingerprint density at radius 1 is 1.42 bits per heavy atom. The van der Waals surface area contributed by atoms with Crippen molar-refractivity contribution in [2.75, 3.05) is 5.75 Å². The molecule has 0 aromatic carbocycles. The Morgan fingerprint density at radius 2 is 2.21 bits per heavy atom. The van der Waals surface area contributed by atoms with Crippen molar-refractivity contribution < 1.29 is 18.3 Å². The van der Waals surface area contributed by atoms with E-state index in [1.54, 1.807) is 6.20 Å². The minimum Gasteiger partial charge on any atom is -0.481 e. The summed E-state index contributed by atoms with van der Waals surface area (Å²) in [7, 11) is -3.06. The van der Waals surface area contributed by atoms with Gasteiger partial charge in [0.25, 0.3) is 0 Å². The fourth-order valence-corrected chi connectivity index (χ4v) is 4.80. The first-order valence-corrected chi connectivity index (χ1v) is 8.19. The summed E-state index contributed by atoms with van der Waals surface area (Å²) < 4.78 is 25.7. The van der Waals surface area contributed by atoms with Crippen LogP contribution in [0, 0.1) is 5.92 Å². The third-order valence-corrected chi connectivity index (χ3v) is 6.23. The highest BCUT2D eigenvalue weighted by Gasteiger charge is 2.36. The van der Waals surface area contributed by atoms with Crippen molar-refractivity contribution in [3.63, 3.8) is 0 Å². The van der Waals surface area contributed by atoms with Gasteiger partial charge in [-0.1, -0.05) is 0 Å². The van der Waals surface area contributed by atoms with Gasteiger partial charge in [-0.2, -0.15) is 0 Å². The fraction of sp³-hybridized carbons (Fsp3) is 0.667. The van der Waals surface area contributed by atoms with Crippen molar-refractivity contribution in [3.05, 3.63) is 17.7 Å². The molecule has 2 atom stereocenters. The second-order valence-corrected chi connectivity index (χ2v) is 7.60. The monoisotopic (exact) mass is 284 g/mol. The van der Waals surface area contributed by atoms with E-state index < -0.39 is 27.0 Å². The van der Waals surface area contributed by atoms with Gasteiger partial charge in [0, 0.05) is 19.2 Å². The SMILES string of the molecule is O=C(O)C1CCn2cc(C3CCCS3(=O)=O)nc2C1. The molecule has 104 valence electrons. The molecule has 0 amide bonds. The number of aryl methyl sites for hydroxylation is 1. The number of carboxylic acid groups (broad SMARTS) is 1. The van der Waals surface area contributed by atoms with E-state index in [9.17, 15) is 13.2 Å². The van der Waals surface area contributed by atoms with E-state index in [0.717, 1.165) is 0 Å². The number of rotatable bonds is 2. The van der Waals surface area contributed by atoms with E-state index in [-0.39, 0.29) is 5.75 Å². The molecule has 1 saturated heterocycles. The molecule has 0 saturated carbocycles. The molecule has 2 unspecified atom stereocenters. The minimum atomic E-state index is -3.06. The van der Waals surface area contributed by atoms with Crippen LogP contribution in [0.2, 0.25) is 0 Å². The number of aromatic nitrogens is 2. The third kappa shape index (κ3) is 2.16. The van der Waals surface area contributed by atoms with Crippen molar-refractivity contribution in [2.45, 2.75) is 37.5 Å². The number of sulfone groups is 1. The molecule has 6 nitrogen and oxygen atoms in total. The van der Waals surface area contributed by atoms with Crippen LogP contribution in [-0.4, -0.2) is 34.8 Å². The summed E-state index contributed by atoms with van der Waals surface area (Å²) in [5.41, 5.74) is 0.596. The predicted molar refractivity (Wildman–Crippen MR) is 67.4 cm³/mol. The van der Waals surface area contributed by atoms with Crippen LogP contribution in [0.1, 0.15) is 36.0 Å². The van der Waals surface area contributed by atoms with Gasteiger partial charge in [0.2, 0.25) is 0 Å². The first-order valence-electron chi connectivity index (χ1n) is 6.48. The van der Waals surface area contributed by atoms with Crippen LogP contribution in [0.25, 0.3) is 0 Å². The largest absolute Gasteiger partial charge is 0.481 e. The standard InChI is InChI=1S/C12H16N2O4S/c15-12(16)8-3-4-14-7-9(13-11(14)6-8)10-2-1-5-19(10,17)18/h7-8,10H,1-6H2,(H,15,16). The molecule has 3 heterocycles. The van der Waals surface area contributed by atoms with E-state index in [4.69, 9.17) is 5.11 Å². The molecule has 0 bridgehead atoms. The zero-order valence-electron chi connectivity index (χ0n) is 10.4. The van der Waals surface area contributed by atoms with Gasteiger partial charge in [0.05, 0.1) is 17.4 Å². The highest BCUT2D eigenvalue weighted by molar-refractivity contribution is 7.91. The van der Waals surface area contributed by atoms with E-state index in [2.05, 4.69) is 4.98 Å². The molecule has 3 rings (SSSR count). The van der Waals surface area contributed by atoms with Gasteiger partial charge < -0.3 is 9.67 Å². The summed E-state index contributed by atoms with van der Waals surface area (Å²) >= 11 is 0. The highest BCUT2D eigenvalue weighted by Crippen LogP contribution is 2.35. The molecule has 0 radical (unpaired) electrons. The Kier molecular flexibility index (Phi) is 2.88. The van der Waals surface area contributed by atoms with Crippen molar-refractivity contribution in [3.8, 4) is 0 Å². The summed E-state index contributed by atoms with van der Waals surface area (Å²) in [4.78, 5) is 15.4. The molecule has 7 heteroatoms. The molecule has 0 aliphatic carbocycles. The number of carbonyl (C=O) groups is 1. The maximum absolute atomic E-state index is 11.9. The summed E-state index contributed by atoms with van der Waals surface area (Å²) in [6.07, 6.45) is 4.08. The molecule has 19 heavy (non-hydrogen) atoms. The summed E-state index contributed by atoms with van der Waals surface area (Å²) in [6.45, 7) is 0.603. The lowest BCUT2D eigenvalue weighted by atomic mass is 9.98. The van der Waals surface area contributed by atoms with Gasteiger partial charge in [0.1, 0.15) is 11.1 Å². The minimum absolute atomic E-state index is 0.234. The molecule has 1 aromatic rings. The predicted octanol–water partition coefficient (Wildman–Crippen LogP) is 0.780. The molecule has 2 aliphatic rings. The Labute approximate surface area is 111 Å². The van der Waals surface area contributed by atoms with E-state index in [0.29, 0.717) is 43.7 Å². The van der Waals surface area contributed by atoms with Gasteiger partial charge in [0.15, 0.2) is 9.84 Å². The van der Waals surface area contributed by atoms with Crippen LogP contribution in [0.3, 0.4) is 0 Å². The topological polar surface area (TPSA) is 89.3 Å². The Balaban J connectivity index is 1.90. The van der Waals surface area contributed by atoms with E-state index >= 15 is 0 Å². The van der Waals surface area contributed by atoms with Crippen LogP contribution < -0.4 is 0 Å². The number of fused-ring (bicyclic) bond motifs is 1. The molecule has 1 aromatic heterocycles. The number of hydrogen-bond donors (Lipinski definition) is 1. The number of imidazole rings is 1. The first kappa shape index (κ1) is 12.7. The van der Waals surface area contributed by atoms with Crippen LogP contribution >= 0.6 is 0 Å². The molecule has 2 aliphatic heterocycles. The summed E-state index contributed by atoms with van der Waals surface area (Å²) in [6, 6.07) is 0. The van der Waals surface area contributed by atoms with Crippen LogP contribution in [0.15, 0.2) is 6.20 Å². The van der Waals surface area contributed by atoms with Crippen LogP contribution in [0.4, 0.5) is 0 Å². The number of nitrogens with zero attached hydrogens (tertiary/aromatic N) is 2. The quantitative estimate of drug-likeness (QED) is 0.867. The summed E-state index contributed by atoms with van der Waals surface area (Å²) in [5.74, 6) is -0.264. The second-order valence-electron chi connectivity index (χ2n) is 5.30.